The maximum absolute atomic E-state index is 13.1. The molecule has 2 heterocycles. The van der Waals surface area contributed by atoms with E-state index < -0.39 is 0 Å². The van der Waals surface area contributed by atoms with Gasteiger partial charge in [0.15, 0.2) is 0 Å². The van der Waals surface area contributed by atoms with Gasteiger partial charge < -0.3 is 14.8 Å². The Kier molecular flexibility index (Phi) is 8.95. The Morgan fingerprint density at radius 1 is 0.906 bits per heavy atom. The lowest BCUT2D eigenvalue weighted by molar-refractivity contribution is 0.185. The topological polar surface area (TPSA) is 55.7 Å². The van der Waals surface area contributed by atoms with Gasteiger partial charge >= 0.3 is 0 Å². The van der Waals surface area contributed by atoms with Crippen LogP contribution in [0.3, 0.4) is 0 Å². The summed E-state index contributed by atoms with van der Waals surface area (Å²) in [5, 5.41) is 3.45. The highest BCUT2D eigenvalue weighted by Crippen LogP contribution is 2.26. The number of methoxy groups -OCH3 is 2. The number of benzene rings is 2. The van der Waals surface area contributed by atoms with E-state index in [4.69, 9.17) is 9.47 Å². The predicted octanol–water partition coefficient (Wildman–Crippen LogP) is 5.34. The van der Waals surface area contributed by atoms with Crippen LogP contribution in [-0.4, -0.2) is 32.0 Å². The number of halogens is 1. The molecule has 5 nitrogen and oxygen atoms in total. The number of nitrogens with zero attached hydrogens (tertiary/aromatic N) is 2. The Labute approximate surface area is 188 Å². The lowest BCUT2D eigenvalue weighted by Gasteiger charge is -2.17. The van der Waals surface area contributed by atoms with E-state index in [1.165, 1.54) is 12.1 Å². The molecule has 1 aromatic heterocycles. The largest absolute Gasteiger partial charge is 0.497 e. The molecule has 0 spiro atoms. The summed E-state index contributed by atoms with van der Waals surface area (Å²) in [5.41, 5.74) is 4.88. The Hall–Kier alpha value is -3.51. The molecule has 0 fully saturated rings. The van der Waals surface area contributed by atoms with Gasteiger partial charge in [-0.2, -0.15) is 0 Å². The first-order valence-electron chi connectivity index (χ1n) is 10.5. The monoisotopic (exact) mass is 433 g/mol. The van der Waals surface area contributed by atoms with Gasteiger partial charge in [0.2, 0.25) is 0 Å². The molecule has 0 saturated heterocycles. The highest BCUT2D eigenvalue weighted by Gasteiger charge is 2.12. The first-order chi connectivity index (χ1) is 15.7. The average Bonchev–Trinajstić information content (AvgIpc) is 2.82. The van der Waals surface area contributed by atoms with Crippen molar-refractivity contribution in [1.82, 2.24) is 10.3 Å². The van der Waals surface area contributed by atoms with Gasteiger partial charge in [-0.15, -0.1) is 0 Å². The summed E-state index contributed by atoms with van der Waals surface area (Å²) in [6.07, 6.45) is 7.42. The summed E-state index contributed by atoms with van der Waals surface area (Å²) in [6.45, 7) is 1.54. The fourth-order valence-corrected chi connectivity index (χ4v) is 3.18. The molecule has 1 aliphatic rings. The molecular formula is C26H28FN3O2. The van der Waals surface area contributed by atoms with Crippen LogP contribution >= 0.6 is 0 Å². The molecule has 0 amide bonds. The van der Waals surface area contributed by atoms with E-state index in [0.717, 1.165) is 53.2 Å². The molecule has 0 radical (unpaired) electrons. The third kappa shape index (κ3) is 6.75. The van der Waals surface area contributed by atoms with Crippen LogP contribution in [0.1, 0.15) is 29.5 Å². The van der Waals surface area contributed by atoms with Crippen LogP contribution in [0.5, 0.6) is 5.75 Å². The molecule has 1 aliphatic heterocycles. The van der Waals surface area contributed by atoms with Crippen molar-refractivity contribution in [3.8, 4) is 5.75 Å². The van der Waals surface area contributed by atoms with Gasteiger partial charge in [0.25, 0.3) is 0 Å². The second kappa shape index (κ2) is 12.4. The lowest BCUT2D eigenvalue weighted by Crippen LogP contribution is -2.17. The Bertz CT molecular complexity index is 1020. The first kappa shape index (κ1) is 23.2. The second-order valence-corrected chi connectivity index (χ2v) is 7.13. The van der Waals surface area contributed by atoms with E-state index in [2.05, 4.69) is 15.3 Å². The first-order valence-corrected chi connectivity index (χ1v) is 10.5. The number of hydrogen-bond acceptors (Lipinski definition) is 5. The van der Waals surface area contributed by atoms with Gasteiger partial charge in [-0.25, -0.2) is 4.39 Å². The molecule has 0 aliphatic carbocycles. The van der Waals surface area contributed by atoms with Gasteiger partial charge in [-0.3, -0.25) is 9.98 Å². The van der Waals surface area contributed by atoms with E-state index in [9.17, 15) is 4.39 Å². The second-order valence-electron chi connectivity index (χ2n) is 7.13. The van der Waals surface area contributed by atoms with Gasteiger partial charge in [0.05, 0.1) is 25.1 Å². The van der Waals surface area contributed by atoms with Gasteiger partial charge in [0.1, 0.15) is 11.6 Å². The van der Waals surface area contributed by atoms with Gasteiger partial charge in [-0.05, 0) is 66.9 Å². The zero-order chi connectivity index (χ0) is 22.6. The van der Waals surface area contributed by atoms with Crippen molar-refractivity contribution in [3.05, 3.63) is 95.6 Å². The van der Waals surface area contributed by atoms with Crippen LogP contribution in [0.2, 0.25) is 0 Å². The quantitative estimate of drug-likeness (QED) is 0.590. The molecule has 0 saturated carbocycles. The zero-order valence-corrected chi connectivity index (χ0v) is 18.4. The molecule has 6 heteroatoms. The van der Waals surface area contributed by atoms with Crippen molar-refractivity contribution < 1.29 is 13.9 Å². The summed E-state index contributed by atoms with van der Waals surface area (Å²) in [7, 11) is 3.34. The minimum Gasteiger partial charge on any atom is -0.497 e. The fraction of sp³-hybridized carbons (Fsp3) is 0.231. The van der Waals surface area contributed by atoms with E-state index in [-0.39, 0.29) is 5.82 Å². The molecule has 32 heavy (non-hydrogen) atoms. The molecule has 4 rings (SSSR count). The fourth-order valence-electron chi connectivity index (χ4n) is 3.18. The summed E-state index contributed by atoms with van der Waals surface area (Å²) in [6, 6.07) is 18.2. The van der Waals surface area contributed by atoms with Crippen LogP contribution in [0, 0.1) is 5.82 Å². The van der Waals surface area contributed by atoms with E-state index >= 15 is 0 Å². The summed E-state index contributed by atoms with van der Waals surface area (Å²) >= 11 is 0. The third-order valence-electron chi connectivity index (χ3n) is 4.83. The van der Waals surface area contributed by atoms with Crippen LogP contribution in [-0.2, 0) is 11.3 Å². The Morgan fingerprint density at radius 3 is 2.28 bits per heavy atom. The summed E-state index contributed by atoms with van der Waals surface area (Å²) < 4.78 is 23.1. The molecule has 2 aromatic carbocycles. The van der Waals surface area contributed by atoms with E-state index in [1.54, 1.807) is 38.7 Å². The number of pyridine rings is 1. The standard InChI is InChI=1S/C17H16FN3.C9H12O2/c18-15-5-3-13(4-6-15)16-17(14-7-11-19-12-8-14)21-10-2-1-9-20-16;1-10-7-8-3-5-9(11-2)6-4-8/h3-9,11-12,21H,1-2,10H2;3-6H,7H2,1-2H3/b17-16-,20-9?;. The molecule has 166 valence electrons. The molecule has 0 unspecified atom stereocenters. The van der Waals surface area contributed by atoms with Gasteiger partial charge in [0, 0.05) is 43.4 Å². The molecule has 3 aromatic rings. The van der Waals surface area contributed by atoms with Crippen LogP contribution < -0.4 is 10.1 Å². The maximum Gasteiger partial charge on any atom is 0.123 e. The number of rotatable bonds is 5. The van der Waals surface area contributed by atoms with Crippen molar-refractivity contribution in [2.24, 2.45) is 4.99 Å². The van der Waals surface area contributed by atoms with Crippen LogP contribution in [0.25, 0.3) is 11.4 Å². The third-order valence-corrected chi connectivity index (χ3v) is 4.83. The van der Waals surface area contributed by atoms with Crippen molar-refractivity contribution in [2.75, 3.05) is 20.8 Å². The number of hydrogen-bond donors (Lipinski definition) is 1. The smallest absolute Gasteiger partial charge is 0.123 e. The SMILES string of the molecule is COCc1ccc(OC)cc1.Fc1ccc(/C2=C(\c3ccncc3)NCCCC=N2)cc1. The molecular weight excluding hydrogens is 405 g/mol. The number of aromatic nitrogens is 1. The minimum absolute atomic E-state index is 0.243. The summed E-state index contributed by atoms with van der Waals surface area (Å²) in [5.74, 6) is 0.637. The van der Waals surface area contributed by atoms with E-state index in [0.29, 0.717) is 6.61 Å². The lowest BCUT2D eigenvalue weighted by atomic mass is 10.0. The predicted molar refractivity (Wildman–Crippen MR) is 127 cm³/mol. The maximum atomic E-state index is 13.1. The number of aliphatic imine (C=N–C) groups is 1. The normalized spacial score (nSPS) is 15.6. The van der Waals surface area contributed by atoms with Crippen molar-refractivity contribution in [2.45, 2.75) is 19.4 Å². The van der Waals surface area contributed by atoms with Crippen molar-refractivity contribution >= 4 is 17.6 Å². The molecule has 1 N–H and O–H groups in total. The highest BCUT2D eigenvalue weighted by atomic mass is 19.1. The summed E-state index contributed by atoms with van der Waals surface area (Å²) in [4.78, 5) is 8.64. The zero-order valence-electron chi connectivity index (χ0n) is 18.4. The van der Waals surface area contributed by atoms with Crippen molar-refractivity contribution in [3.63, 3.8) is 0 Å². The Morgan fingerprint density at radius 2 is 1.62 bits per heavy atom. The van der Waals surface area contributed by atoms with Crippen molar-refractivity contribution in [1.29, 1.82) is 0 Å². The number of nitrogens with one attached hydrogen (secondary N) is 1. The molecule has 0 atom stereocenters. The van der Waals surface area contributed by atoms with Crippen LogP contribution in [0.4, 0.5) is 4.39 Å². The van der Waals surface area contributed by atoms with Gasteiger partial charge in [-0.1, -0.05) is 12.1 Å². The minimum atomic E-state index is -0.243. The van der Waals surface area contributed by atoms with E-state index in [1.807, 2.05) is 42.6 Å². The molecule has 0 bridgehead atoms. The highest BCUT2D eigenvalue weighted by molar-refractivity contribution is 5.92. The Balaban J connectivity index is 0.000000222. The number of ether oxygens (including phenoxy) is 2. The average molecular weight is 434 g/mol. The van der Waals surface area contributed by atoms with Crippen LogP contribution in [0.15, 0.2) is 78.0 Å².